The van der Waals surface area contributed by atoms with Crippen LogP contribution in [0.15, 0.2) is 24.3 Å². The van der Waals surface area contributed by atoms with Crippen LogP contribution >= 0.6 is 0 Å². The fraction of sp³-hybridized carbons (Fsp3) is 0.917. The third-order valence-corrected chi connectivity index (χ3v) is 16.7. The van der Waals surface area contributed by atoms with E-state index < -0.39 is 12.1 Å². The van der Waals surface area contributed by atoms with Crippen LogP contribution in [0.2, 0.25) is 0 Å². The number of rotatable bonds is 67. The molecule has 6 nitrogen and oxygen atoms in total. The predicted molar refractivity (Wildman–Crippen MR) is 343 cm³/mol. The number of aliphatic hydroxyl groups is 2. The van der Waals surface area contributed by atoms with E-state index >= 15 is 0 Å². The molecule has 0 bridgehead atoms. The molecule has 0 aromatic heterocycles. The minimum absolute atomic E-state index is 0.0113. The highest BCUT2D eigenvalue weighted by atomic mass is 16.5. The molecule has 2 atom stereocenters. The Hall–Kier alpha value is -1.66. The summed E-state index contributed by atoms with van der Waals surface area (Å²) in [4.78, 5) is 24.6. The van der Waals surface area contributed by atoms with Crippen molar-refractivity contribution < 1.29 is 24.5 Å². The Balaban J connectivity index is 3.43. The van der Waals surface area contributed by atoms with E-state index in [1.165, 1.54) is 327 Å². The first-order chi connectivity index (χ1) is 38.5. The SMILES string of the molecule is CCCCCCCCCCCCCCCCCCCCCC/C=C/C(O)C(CO)NC(=O)CCCCCCCCC/C=C\CCCCCCCCCCCOC(=O)CCCCCCCCCCCCCCCCCCCCC. The van der Waals surface area contributed by atoms with Crippen LogP contribution < -0.4 is 5.32 Å². The summed E-state index contributed by atoms with van der Waals surface area (Å²) in [5.74, 6) is -0.0611. The van der Waals surface area contributed by atoms with Gasteiger partial charge in [0.05, 0.1) is 25.4 Å². The molecule has 78 heavy (non-hydrogen) atoms. The molecule has 6 heteroatoms. The molecule has 0 aliphatic rings. The largest absolute Gasteiger partial charge is 0.466 e. The summed E-state index contributed by atoms with van der Waals surface area (Å²) < 4.78 is 5.51. The van der Waals surface area contributed by atoms with Gasteiger partial charge in [-0.3, -0.25) is 9.59 Å². The first kappa shape index (κ1) is 76.3. The van der Waals surface area contributed by atoms with E-state index in [-0.39, 0.29) is 18.5 Å². The van der Waals surface area contributed by atoms with Gasteiger partial charge in [0.2, 0.25) is 5.91 Å². The molecule has 2 unspecified atom stereocenters. The van der Waals surface area contributed by atoms with Gasteiger partial charge in [-0.2, -0.15) is 0 Å². The maximum absolute atomic E-state index is 12.5. The summed E-state index contributed by atoms with van der Waals surface area (Å²) in [5, 5.41) is 23.2. The Labute approximate surface area is 488 Å². The van der Waals surface area contributed by atoms with Crippen molar-refractivity contribution in [2.24, 2.45) is 0 Å². The Morgan fingerprint density at radius 2 is 0.603 bits per heavy atom. The van der Waals surface area contributed by atoms with Crippen LogP contribution in [0.5, 0.6) is 0 Å². The van der Waals surface area contributed by atoms with Crippen LogP contribution in [-0.4, -0.2) is 47.4 Å². The lowest BCUT2D eigenvalue weighted by Crippen LogP contribution is -2.45. The number of nitrogens with one attached hydrogen (secondary N) is 1. The average Bonchev–Trinajstić information content (AvgIpc) is 3.44. The van der Waals surface area contributed by atoms with E-state index in [9.17, 15) is 19.8 Å². The summed E-state index contributed by atoms with van der Waals surface area (Å²) in [7, 11) is 0. The van der Waals surface area contributed by atoms with Gasteiger partial charge in [0, 0.05) is 12.8 Å². The number of hydrogen-bond donors (Lipinski definition) is 3. The first-order valence-corrected chi connectivity index (χ1v) is 35.6. The van der Waals surface area contributed by atoms with E-state index in [0.717, 1.165) is 44.9 Å². The maximum Gasteiger partial charge on any atom is 0.305 e. The highest BCUT2D eigenvalue weighted by molar-refractivity contribution is 5.76. The van der Waals surface area contributed by atoms with Gasteiger partial charge in [-0.25, -0.2) is 0 Å². The van der Waals surface area contributed by atoms with Gasteiger partial charge in [-0.1, -0.05) is 353 Å². The van der Waals surface area contributed by atoms with Gasteiger partial charge < -0.3 is 20.3 Å². The molecule has 0 aromatic carbocycles. The predicted octanol–water partition coefficient (Wildman–Crippen LogP) is 22.9. The molecule has 0 saturated heterocycles. The van der Waals surface area contributed by atoms with Crippen LogP contribution in [0.1, 0.15) is 399 Å². The van der Waals surface area contributed by atoms with Crippen molar-refractivity contribution in [3.8, 4) is 0 Å². The van der Waals surface area contributed by atoms with E-state index in [4.69, 9.17) is 4.74 Å². The van der Waals surface area contributed by atoms with Gasteiger partial charge in [0.25, 0.3) is 0 Å². The molecule has 0 radical (unpaired) electrons. The number of aliphatic hydroxyl groups excluding tert-OH is 2. The Kier molecular flexibility index (Phi) is 66.4. The number of hydrogen-bond acceptors (Lipinski definition) is 5. The number of carbonyl (C=O) groups is 2. The van der Waals surface area contributed by atoms with Crippen molar-refractivity contribution in [2.75, 3.05) is 13.2 Å². The van der Waals surface area contributed by atoms with Crippen molar-refractivity contribution in [3.05, 3.63) is 24.3 Å². The minimum Gasteiger partial charge on any atom is -0.466 e. The molecular weight excluding hydrogens is 959 g/mol. The number of allylic oxidation sites excluding steroid dienone is 3. The highest BCUT2D eigenvalue weighted by Crippen LogP contribution is 2.19. The lowest BCUT2D eigenvalue weighted by atomic mass is 10.0. The molecule has 462 valence electrons. The van der Waals surface area contributed by atoms with Crippen molar-refractivity contribution in [1.82, 2.24) is 5.32 Å². The lowest BCUT2D eigenvalue weighted by molar-refractivity contribution is -0.143. The number of ether oxygens (including phenoxy) is 1. The molecule has 0 fully saturated rings. The minimum atomic E-state index is -0.851. The number of amides is 1. The van der Waals surface area contributed by atoms with Crippen LogP contribution in [0.25, 0.3) is 0 Å². The van der Waals surface area contributed by atoms with Crippen LogP contribution in [0.4, 0.5) is 0 Å². The van der Waals surface area contributed by atoms with Crippen LogP contribution in [0.3, 0.4) is 0 Å². The Morgan fingerprint density at radius 3 is 0.910 bits per heavy atom. The van der Waals surface area contributed by atoms with Crippen molar-refractivity contribution in [3.63, 3.8) is 0 Å². The normalized spacial score (nSPS) is 12.6. The summed E-state index contributed by atoms with van der Waals surface area (Å²) in [6.45, 7) is 4.94. The molecule has 3 N–H and O–H groups in total. The zero-order chi connectivity index (χ0) is 56.4. The topological polar surface area (TPSA) is 95.9 Å². The zero-order valence-electron chi connectivity index (χ0n) is 52.9. The molecule has 1 amide bonds. The second-order valence-corrected chi connectivity index (χ2v) is 24.6. The number of unbranched alkanes of at least 4 members (excludes halogenated alkanes) is 54. The lowest BCUT2D eigenvalue weighted by Gasteiger charge is -2.20. The quantitative estimate of drug-likeness (QED) is 0.0320. The summed E-state index contributed by atoms with van der Waals surface area (Å²) in [5.41, 5.74) is 0. The standard InChI is InChI=1S/C72H139NO5/c1-3-5-7-9-11-13-15-17-19-21-23-24-25-29-32-36-40-44-48-52-56-60-64-70(75)69(68-74)73-71(76)65-61-57-53-49-45-41-37-33-30-26-27-31-35-39-43-47-51-55-59-63-67-78-72(77)66-62-58-54-50-46-42-38-34-28-22-20-18-16-14-12-10-8-6-4-2/h26,30,60,64,69-70,74-75H,3-25,27-29,31-59,61-63,65-68H2,1-2H3,(H,73,76)/b30-26-,64-60+. The van der Waals surface area contributed by atoms with Gasteiger partial charge in [-0.15, -0.1) is 0 Å². The molecular formula is C72H139NO5. The molecule has 0 spiro atoms. The highest BCUT2D eigenvalue weighted by Gasteiger charge is 2.18. The molecule has 0 aliphatic heterocycles. The maximum atomic E-state index is 12.5. The van der Waals surface area contributed by atoms with Crippen molar-refractivity contribution in [2.45, 2.75) is 411 Å². The monoisotopic (exact) mass is 1100 g/mol. The van der Waals surface area contributed by atoms with E-state index in [1.807, 2.05) is 6.08 Å². The fourth-order valence-electron chi connectivity index (χ4n) is 11.3. The molecule has 0 aliphatic carbocycles. The third kappa shape index (κ3) is 63.5. The van der Waals surface area contributed by atoms with Crippen molar-refractivity contribution in [1.29, 1.82) is 0 Å². The van der Waals surface area contributed by atoms with Gasteiger partial charge in [0.15, 0.2) is 0 Å². The summed E-state index contributed by atoms with van der Waals surface area (Å²) >= 11 is 0. The average molecular weight is 1100 g/mol. The third-order valence-electron chi connectivity index (χ3n) is 16.7. The second kappa shape index (κ2) is 67.8. The van der Waals surface area contributed by atoms with Crippen LogP contribution in [-0.2, 0) is 14.3 Å². The van der Waals surface area contributed by atoms with Crippen molar-refractivity contribution >= 4 is 11.9 Å². The second-order valence-electron chi connectivity index (χ2n) is 24.6. The van der Waals surface area contributed by atoms with Crippen LogP contribution in [0, 0.1) is 0 Å². The number of carbonyl (C=O) groups excluding carboxylic acids is 2. The molecule has 0 saturated carbocycles. The van der Waals surface area contributed by atoms with Gasteiger partial charge >= 0.3 is 5.97 Å². The Bertz CT molecular complexity index is 1220. The molecule has 0 aromatic rings. The first-order valence-electron chi connectivity index (χ1n) is 35.6. The van der Waals surface area contributed by atoms with E-state index in [1.54, 1.807) is 6.08 Å². The molecule has 0 rings (SSSR count). The van der Waals surface area contributed by atoms with Gasteiger partial charge in [-0.05, 0) is 57.8 Å². The fourth-order valence-corrected chi connectivity index (χ4v) is 11.3. The Morgan fingerprint density at radius 1 is 0.346 bits per heavy atom. The number of esters is 1. The smallest absolute Gasteiger partial charge is 0.305 e. The zero-order valence-corrected chi connectivity index (χ0v) is 52.9. The van der Waals surface area contributed by atoms with E-state index in [0.29, 0.717) is 19.4 Å². The summed E-state index contributed by atoms with van der Waals surface area (Å²) in [6.07, 6.45) is 85.4. The molecule has 0 heterocycles. The van der Waals surface area contributed by atoms with E-state index in [2.05, 4.69) is 31.3 Å². The summed E-state index contributed by atoms with van der Waals surface area (Å²) in [6, 6.07) is -0.635. The van der Waals surface area contributed by atoms with Gasteiger partial charge in [0.1, 0.15) is 0 Å².